The Labute approximate surface area is 154 Å². The van der Waals surface area contributed by atoms with E-state index in [9.17, 15) is 4.79 Å². The van der Waals surface area contributed by atoms with Gasteiger partial charge < -0.3 is 20.3 Å². The second-order valence-corrected chi connectivity index (χ2v) is 6.57. The van der Waals surface area contributed by atoms with Gasteiger partial charge in [-0.25, -0.2) is 0 Å². The number of carbonyl (C=O) groups is 1. The largest absolute Gasteiger partial charge is 0.492 e. The first kappa shape index (κ1) is 18.1. The van der Waals surface area contributed by atoms with Crippen molar-refractivity contribution in [2.45, 2.75) is 39.3 Å². The molecule has 2 heterocycles. The van der Waals surface area contributed by atoms with Crippen LogP contribution in [0.5, 0.6) is 5.75 Å². The number of hydrogen-bond donors (Lipinski definition) is 2. The molecule has 1 amide bonds. The van der Waals surface area contributed by atoms with Crippen LogP contribution in [0.3, 0.4) is 0 Å². The predicted octanol–water partition coefficient (Wildman–Crippen LogP) is 2.65. The number of carbonyl (C=O) groups excluding carboxylic acids is 1. The summed E-state index contributed by atoms with van der Waals surface area (Å²) in [7, 11) is 2.03. The number of H-pyrrole nitrogens is 1. The molecule has 3 N–H and O–H groups in total. The Morgan fingerprint density at radius 1 is 1.27 bits per heavy atom. The first-order valence-corrected chi connectivity index (χ1v) is 9.16. The number of ether oxygens (including phenoxy) is 1. The van der Waals surface area contributed by atoms with E-state index in [1.54, 1.807) is 12.1 Å². The molecule has 1 aromatic heterocycles. The van der Waals surface area contributed by atoms with E-state index in [4.69, 9.17) is 10.5 Å². The van der Waals surface area contributed by atoms with Crippen LogP contribution in [0.2, 0.25) is 0 Å². The van der Waals surface area contributed by atoms with Gasteiger partial charge in [-0.05, 0) is 37.1 Å². The van der Waals surface area contributed by atoms with Gasteiger partial charge in [-0.1, -0.05) is 20.3 Å². The Balaban J connectivity index is 1.74. The van der Waals surface area contributed by atoms with Crippen molar-refractivity contribution in [3.63, 3.8) is 0 Å². The molecule has 7 nitrogen and oxygen atoms in total. The number of nitrogens with two attached hydrogens (primary N) is 1. The summed E-state index contributed by atoms with van der Waals surface area (Å²) >= 11 is 0. The summed E-state index contributed by atoms with van der Waals surface area (Å²) in [6, 6.07) is 7.27. The Bertz CT molecular complexity index is 756. The molecule has 1 unspecified atom stereocenters. The molecule has 1 aliphatic rings. The Morgan fingerprint density at radius 2 is 2.00 bits per heavy atom. The lowest BCUT2D eigenvalue weighted by Gasteiger charge is -2.42. The minimum absolute atomic E-state index is 0.00164. The molecule has 0 aliphatic carbocycles. The number of fused-ring (bicyclic) bond motifs is 1. The maximum absolute atomic E-state index is 13.0. The minimum Gasteiger partial charge on any atom is -0.492 e. The number of nitrogens with one attached hydrogen (secondary N) is 1. The highest BCUT2D eigenvalue weighted by Crippen LogP contribution is 2.33. The molecule has 140 valence electrons. The third-order valence-corrected chi connectivity index (χ3v) is 4.78. The highest BCUT2D eigenvalue weighted by molar-refractivity contribution is 6.00. The van der Waals surface area contributed by atoms with Crippen LogP contribution in [0.1, 0.15) is 42.9 Å². The lowest BCUT2D eigenvalue weighted by atomic mass is 10.1. The first-order valence-electron chi connectivity index (χ1n) is 9.16. The van der Waals surface area contributed by atoms with Gasteiger partial charge in [0.2, 0.25) is 0 Å². The highest BCUT2D eigenvalue weighted by Gasteiger charge is 2.38. The lowest BCUT2D eigenvalue weighted by Crippen LogP contribution is -2.54. The number of aromatic nitrogens is 2. The molecule has 0 saturated carbocycles. The maximum Gasteiger partial charge on any atom is 0.278 e. The van der Waals surface area contributed by atoms with Gasteiger partial charge in [-0.15, -0.1) is 0 Å². The predicted molar refractivity (Wildman–Crippen MR) is 102 cm³/mol. The fraction of sp³-hybridized carbons (Fsp3) is 0.474. The number of aryl methyl sites for hydroxylation is 1. The standard InChI is InChI=1S/C19H27N5O2/c1-4-6-15-18-17(22-21-15)19(25)24(16(5-2)23(18)3)11-12-26-14-9-7-13(20)8-10-14/h7-10,16H,4-6,11-12,20H2,1-3H3,(H,21,22). The minimum atomic E-state index is -0.0375. The van der Waals surface area contributed by atoms with Crippen LogP contribution < -0.4 is 15.4 Å². The second-order valence-electron chi connectivity index (χ2n) is 6.57. The molecule has 2 aromatic rings. The molecule has 0 spiro atoms. The molecule has 0 bridgehead atoms. The number of rotatable bonds is 7. The first-order chi connectivity index (χ1) is 12.6. The summed E-state index contributed by atoms with van der Waals surface area (Å²) in [5.41, 5.74) is 8.87. The van der Waals surface area contributed by atoms with Crippen molar-refractivity contribution in [1.29, 1.82) is 0 Å². The van der Waals surface area contributed by atoms with Crippen LogP contribution in [-0.2, 0) is 6.42 Å². The molecular formula is C19H27N5O2. The molecule has 0 fully saturated rings. The summed E-state index contributed by atoms with van der Waals surface area (Å²) in [5, 5.41) is 7.34. The van der Waals surface area contributed by atoms with Crippen molar-refractivity contribution in [2.24, 2.45) is 0 Å². The van der Waals surface area contributed by atoms with Gasteiger partial charge in [0, 0.05) is 12.7 Å². The van der Waals surface area contributed by atoms with Gasteiger partial charge in [0.15, 0.2) is 5.69 Å². The van der Waals surface area contributed by atoms with Gasteiger partial charge in [0.25, 0.3) is 5.91 Å². The van der Waals surface area contributed by atoms with Gasteiger partial charge in [-0.3, -0.25) is 9.89 Å². The van der Waals surface area contributed by atoms with Crippen molar-refractivity contribution < 1.29 is 9.53 Å². The van der Waals surface area contributed by atoms with E-state index in [1.165, 1.54) is 0 Å². The summed E-state index contributed by atoms with van der Waals surface area (Å²) in [6.45, 7) is 5.13. The van der Waals surface area contributed by atoms with Crippen molar-refractivity contribution >= 4 is 17.3 Å². The van der Waals surface area contributed by atoms with Crippen molar-refractivity contribution in [2.75, 3.05) is 30.8 Å². The molecule has 26 heavy (non-hydrogen) atoms. The molecule has 1 atom stereocenters. The molecule has 7 heteroatoms. The molecule has 1 aliphatic heterocycles. The smallest absolute Gasteiger partial charge is 0.278 e. The van der Waals surface area contributed by atoms with Gasteiger partial charge in [0.05, 0.1) is 17.9 Å². The van der Waals surface area contributed by atoms with E-state index < -0.39 is 0 Å². The summed E-state index contributed by atoms with van der Waals surface area (Å²) in [5.74, 6) is 0.709. The average molecular weight is 357 g/mol. The highest BCUT2D eigenvalue weighted by atomic mass is 16.5. The zero-order valence-electron chi connectivity index (χ0n) is 15.7. The molecule has 3 rings (SSSR count). The van der Waals surface area contributed by atoms with E-state index in [-0.39, 0.29) is 12.1 Å². The van der Waals surface area contributed by atoms with E-state index in [0.29, 0.717) is 24.5 Å². The number of nitrogen functional groups attached to an aromatic ring is 1. The van der Waals surface area contributed by atoms with Crippen LogP contribution >= 0.6 is 0 Å². The normalized spacial score (nSPS) is 16.7. The Morgan fingerprint density at radius 3 is 2.65 bits per heavy atom. The van der Waals surface area contributed by atoms with Crippen LogP contribution in [0.15, 0.2) is 24.3 Å². The molecular weight excluding hydrogens is 330 g/mol. The lowest BCUT2D eigenvalue weighted by molar-refractivity contribution is 0.0609. The Kier molecular flexibility index (Phi) is 5.35. The van der Waals surface area contributed by atoms with Crippen molar-refractivity contribution in [1.82, 2.24) is 15.1 Å². The van der Waals surface area contributed by atoms with Crippen molar-refractivity contribution in [3.8, 4) is 5.75 Å². The topological polar surface area (TPSA) is 87.5 Å². The average Bonchev–Trinajstić information content (AvgIpc) is 3.05. The van der Waals surface area contributed by atoms with Gasteiger partial charge in [0.1, 0.15) is 18.5 Å². The van der Waals surface area contributed by atoms with E-state index in [0.717, 1.165) is 36.4 Å². The van der Waals surface area contributed by atoms with Gasteiger partial charge >= 0.3 is 0 Å². The molecule has 0 saturated heterocycles. The number of amides is 1. The number of hydrogen-bond acceptors (Lipinski definition) is 5. The third-order valence-electron chi connectivity index (χ3n) is 4.78. The fourth-order valence-electron chi connectivity index (χ4n) is 3.53. The van der Waals surface area contributed by atoms with Crippen molar-refractivity contribution in [3.05, 3.63) is 35.7 Å². The van der Waals surface area contributed by atoms with Crippen LogP contribution in [0.25, 0.3) is 0 Å². The SMILES string of the molecule is CCCc1[nH]nc2c1N(C)C(CC)N(CCOc1ccc(N)cc1)C2=O. The van der Waals surface area contributed by atoms with Crippen LogP contribution in [0.4, 0.5) is 11.4 Å². The third kappa shape index (κ3) is 3.34. The Hall–Kier alpha value is -2.70. The summed E-state index contributed by atoms with van der Waals surface area (Å²) in [6.07, 6.45) is 2.72. The maximum atomic E-state index is 13.0. The molecule has 0 radical (unpaired) electrons. The quantitative estimate of drug-likeness (QED) is 0.744. The van der Waals surface area contributed by atoms with Gasteiger partial charge in [-0.2, -0.15) is 5.10 Å². The summed E-state index contributed by atoms with van der Waals surface area (Å²) in [4.78, 5) is 17.0. The van der Waals surface area contributed by atoms with E-state index in [2.05, 4.69) is 28.9 Å². The monoisotopic (exact) mass is 357 g/mol. The number of aromatic amines is 1. The zero-order chi connectivity index (χ0) is 18.7. The summed E-state index contributed by atoms with van der Waals surface area (Å²) < 4.78 is 5.78. The van der Waals surface area contributed by atoms with Crippen LogP contribution in [0, 0.1) is 0 Å². The number of benzene rings is 1. The second kappa shape index (κ2) is 7.68. The fourth-order valence-corrected chi connectivity index (χ4v) is 3.53. The molecule has 1 aromatic carbocycles. The van der Waals surface area contributed by atoms with Crippen LogP contribution in [-0.4, -0.2) is 47.4 Å². The number of nitrogens with zero attached hydrogens (tertiary/aromatic N) is 3. The number of anilines is 2. The van der Waals surface area contributed by atoms with E-state index >= 15 is 0 Å². The van der Waals surface area contributed by atoms with E-state index in [1.807, 2.05) is 24.1 Å². The zero-order valence-corrected chi connectivity index (χ0v) is 15.7.